The number of benzene rings is 1. The highest BCUT2D eigenvalue weighted by Crippen LogP contribution is 2.19. The molecule has 3 heterocycles. The molecule has 1 aliphatic rings. The number of urea groups is 1. The second-order valence-corrected chi connectivity index (χ2v) is 6.98. The minimum absolute atomic E-state index is 0.0771. The summed E-state index contributed by atoms with van der Waals surface area (Å²) in [5.41, 5.74) is 2.06. The Morgan fingerprint density at radius 2 is 2.00 bits per heavy atom. The normalized spacial score (nSPS) is 16.4. The molecule has 8 heteroatoms. The van der Waals surface area contributed by atoms with Crippen LogP contribution in [-0.4, -0.2) is 46.9 Å². The zero-order valence-corrected chi connectivity index (χ0v) is 15.8. The number of aromatic nitrogens is 1. The Bertz CT molecular complexity index is 1020. The Kier molecular flexibility index (Phi) is 5.33. The number of imide groups is 1. The molecule has 2 aromatic heterocycles. The first-order valence-corrected chi connectivity index (χ1v) is 9.58. The van der Waals surface area contributed by atoms with Gasteiger partial charge in [-0.2, -0.15) is 0 Å². The van der Waals surface area contributed by atoms with Crippen LogP contribution in [0.1, 0.15) is 17.7 Å². The number of furan rings is 1. The summed E-state index contributed by atoms with van der Waals surface area (Å²) in [6, 6.07) is 10.2. The molecule has 0 bridgehead atoms. The molecular formula is C21H22N4O4. The van der Waals surface area contributed by atoms with Gasteiger partial charge in [-0.05, 0) is 30.2 Å². The van der Waals surface area contributed by atoms with E-state index in [9.17, 15) is 14.4 Å². The molecule has 1 saturated heterocycles. The van der Waals surface area contributed by atoms with Crippen LogP contribution < -0.4 is 10.6 Å². The van der Waals surface area contributed by atoms with Crippen molar-refractivity contribution in [1.82, 2.24) is 20.5 Å². The molecular weight excluding hydrogens is 372 g/mol. The first kappa shape index (κ1) is 18.8. The van der Waals surface area contributed by atoms with Gasteiger partial charge in [0, 0.05) is 36.6 Å². The maximum atomic E-state index is 12.6. The number of carbonyl (C=O) groups is 3. The number of rotatable bonds is 8. The molecule has 29 heavy (non-hydrogen) atoms. The molecule has 0 radical (unpaired) electrons. The van der Waals surface area contributed by atoms with E-state index < -0.39 is 12.1 Å². The fourth-order valence-electron chi connectivity index (χ4n) is 3.54. The number of H-pyrrole nitrogens is 1. The Balaban J connectivity index is 1.28. The van der Waals surface area contributed by atoms with E-state index in [2.05, 4.69) is 15.6 Å². The van der Waals surface area contributed by atoms with E-state index in [1.165, 1.54) is 4.90 Å². The van der Waals surface area contributed by atoms with E-state index in [0.29, 0.717) is 19.4 Å². The number of hydrogen-bond acceptors (Lipinski definition) is 4. The molecule has 150 valence electrons. The van der Waals surface area contributed by atoms with Gasteiger partial charge in [-0.1, -0.05) is 18.2 Å². The number of nitrogens with one attached hydrogen (secondary N) is 3. The van der Waals surface area contributed by atoms with Crippen LogP contribution in [0.5, 0.6) is 0 Å². The van der Waals surface area contributed by atoms with E-state index in [-0.39, 0.29) is 24.8 Å². The van der Waals surface area contributed by atoms with Crippen molar-refractivity contribution >= 4 is 28.7 Å². The second-order valence-electron chi connectivity index (χ2n) is 6.98. The van der Waals surface area contributed by atoms with Crippen LogP contribution in [0.3, 0.4) is 0 Å². The van der Waals surface area contributed by atoms with Gasteiger partial charge in [-0.25, -0.2) is 4.79 Å². The fourth-order valence-corrected chi connectivity index (χ4v) is 3.54. The molecule has 1 aliphatic heterocycles. The van der Waals surface area contributed by atoms with Gasteiger partial charge in [-0.3, -0.25) is 14.5 Å². The van der Waals surface area contributed by atoms with Crippen molar-refractivity contribution in [3.05, 3.63) is 60.2 Å². The van der Waals surface area contributed by atoms with Gasteiger partial charge in [0.05, 0.1) is 12.7 Å². The first-order chi connectivity index (χ1) is 14.1. The van der Waals surface area contributed by atoms with Crippen LogP contribution in [0.4, 0.5) is 4.79 Å². The number of para-hydroxylation sites is 1. The second kappa shape index (κ2) is 8.22. The number of fused-ring (bicyclic) bond motifs is 1. The van der Waals surface area contributed by atoms with Crippen molar-refractivity contribution < 1.29 is 18.8 Å². The zero-order chi connectivity index (χ0) is 20.2. The van der Waals surface area contributed by atoms with Gasteiger partial charge in [0.25, 0.3) is 5.91 Å². The van der Waals surface area contributed by atoms with Crippen molar-refractivity contribution in [3.63, 3.8) is 0 Å². The third kappa shape index (κ3) is 4.16. The molecule has 4 amide bonds. The van der Waals surface area contributed by atoms with Gasteiger partial charge in [0.15, 0.2) is 0 Å². The number of amides is 4. The third-order valence-corrected chi connectivity index (χ3v) is 5.05. The zero-order valence-electron chi connectivity index (χ0n) is 15.8. The van der Waals surface area contributed by atoms with E-state index in [4.69, 9.17) is 4.42 Å². The fraction of sp³-hybridized carbons (Fsp3) is 0.286. The summed E-state index contributed by atoms with van der Waals surface area (Å²) in [7, 11) is 0. The minimum Gasteiger partial charge on any atom is -0.469 e. The number of carbonyl (C=O) groups excluding carboxylic acids is 3. The lowest BCUT2D eigenvalue weighted by Gasteiger charge is -2.12. The van der Waals surface area contributed by atoms with Crippen molar-refractivity contribution in [2.75, 3.05) is 13.1 Å². The third-order valence-electron chi connectivity index (χ3n) is 5.05. The van der Waals surface area contributed by atoms with E-state index in [0.717, 1.165) is 22.2 Å². The molecule has 4 rings (SSSR count). The first-order valence-electron chi connectivity index (χ1n) is 9.58. The standard InChI is InChI=1S/C21H22N4O4/c26-19(22-9-7-15-4-3-11-29-15)12-18-20(27)25(21(28)24-18)10-8-14-13-23-17-6-2-1-5-16(14)17/h1-6,11,13,18,23H,7-10,12H2,(H,22,26)(H,24,28)/t18-/m0/s1. The summed E-state index contributed by atoms with van der Waals surface area (Å²) in [6.07, 6.45) is 4.51. The van der Waals surface area contributed by atoms with Crippen LogP contribution in [0, 0.1) is 0 Å². The SMILES string of the molecule is O=C(C[C@@H]1NC(=O)N(CCc2c[nH]c3ccccc23)C1=O)NCCc1ccco1. The summed E-state index contributed by atoms with van der Waals surface area (Å²) in [5.74, 6) is 0.128. The molecule has 3 N–H and O–H groups in total. The van der Waals surface area contributed by atoms with E-state index in [1.54, 1.807) is 12.3 Å². The summed E-state index contributed by atoms with van der Waals surface area (Å²) in [4.78, 5) is 41.3. The molecule has 1 atom stereocenters. The lowest BCUT2D eigenvalue weighted by molar-refractivity contribution is -0.130. The van der Waals surface area contributed by atoms with Crippen molar-refractivity contribution in [3.8, 4) is 0 Å². The number of nitrogens with zero attached hydrogens (tertiary/aromatic N) is 1. The van der Waals surface area contributed by atoms with Gasteiger partial charge in [0.1, 0.15) is 11.8 Å². The summed E-state index contributed by atoms with van der Waals surface area (Å²) < 4.78 is 5.21. The topological polar surface area (TPSA) is 107 Å². The Labute approximate surface area is 167 Å². The van der Waals surface area contributed by atoms with Crippen molar-refractivity contribution in [2.45, 2.75) is 25.3 Å². The van der Waals surface area contributed by atoms with Crippen LogP contribution in [0.2, 0.25) is 0 Å². The molecule has 8 nitrogen and oxygen atoms in total. The molecule has 1 aromatic carbocycles. The highest BCUT2D eigenvalue weighted by atomic mass is 16.3. The van der Waals surface area contributed by atoms with Crippen LogP contribution in [0.15, 0.2) is 53.3 Å². The van der Waals surface area contributed by atoms with Crippen molar-refractivity contribution in [2.24, 2.45) is 0 Å². The Morgan fingerprint density at radius 3 is 2.83 bits per heavy atom. The minimum atomic E-state index is -0.825. The number of aromatic amines is 1. The molecule has 0 aliphatic carbocycles. The molecule has 0 saturated carbocycles. The highest BCUT2D eigenvalue weighted by Gasteiger charge is 2.38. The molecule has 0 unspecified atom stereocenters. The summed E-state index contributed by atoms with van der Waals surface area (Å²) in [6.45, 7) is 0.675. The van der Waals surface area contributed by atoms with Crippen molar-refractivity contribution in [1.29, 1.82) is 0 Å². The van der Waals surface area contributed by atoms with E-state index >= 15 is 0 Å². The maximum absolute atomic E-state index is 12.6. The molecule has 1 fully saturated rings. The Morgan fingerprint density at radius 1 is 1.14 bits per heavy atom. The van der Waals surface area contributed by atoms with Crippen LogP contribution in [0.25, 0.3) is 10.9 Å². The predicted molar refractivity (Wildman–Crippen MR) is 106 cm³/mol. The Hall–Kier alpha value is -3.55. The average Bonchev–Trinajstić information content (AvgIpc) is 3.42. The highest BCUT2D eigenvalue weighted by molar-refractivity contribution is 6.05. The van der Waals surface area contributed by atoms with Gasteiger partial charge in [-0.15, -0.1) is 0 Å². The number of hydrogen-bond donors (Lipinski definition) is 3. The predicted octanol–water partition coefficient (Wildman–Crippen LogP) is 1.97. The summed E-state index contributed by atoms with van der Waals surface area (Å²) in [5, 5.41) is 6.43. The monoisotopic (exact) mass is 394 g/mol. The lowest BCUT2D eigenvalue weighted by atomic mass is 10.1. The largest absolute Gasteiger partial charge is 0.469 e. The lowest BCUT2D eigenvalue weighted by Crippen LogP contribution is -2.37. The van der Waals surface area contributed by atoms with E-state index in [1.807, 2.05) is 36.5 Å². The van der Waals surface area contributed by atoms with Crippen LogP contribution >= 0.6 is 0 Å². The van der Waals surface area contributed by atoms with Gasteiger partial charge in [0.2, 0.25) is 5.91 Å². The summed E-state index contributed by atoms with van der Waals surface area (Å²) >= 11 is 0. The van der Waals surface area contributed by atoms with Crippen LogP contribution in [-0.2, 0) is 22.4 Å². The molecule has 0 spiro atoms. The van der Waals surface area contributed by atoms with Gasteiger partial charge < -0.3 is 20.0 Å². The average molecular weight is 394 g/mol. The molecule has 3 aromatic rings. The quantitative estimate of drug-likeness (QED) is 0.508. The smallest absolute Gasteiger partial charge is 0.324 e. The maximum Gasteiger partial charge on any atom is 0.324 e. The van der Waals surface area contributed by atoms with Gasteiger partial charge >= 0.3 is 6.03 Å².